The van der Waals surface area contributed by atoms with E-state index in [0.717, 1.165) is 16.6 Å². The number of pyridine rings is 1. The van der Waals surface area contributed by atoms with Crippen LogP contribution in [0.4, 0.5) is 5.69 Å². The van der Waals surface area contributed by atoms with Crippen molar-refractivity contribution in [2.75, 3.05) is 19.0 Å². The monoisotopic (exact) mass is 276 g/mol. The van der Waals surface area contributed by atoms with E-state index in [4.69, 9.17) is 0 Å². The van der Waals surface area contributed by atoms with Gasteiger partial charge in [0.25, 0.3) is 0 Å². The molecule has 0 aliphatic heterocycles. The highest BCUT2D eigenvalue weighted by molar-refractivity contribution is 6.08. The molecule has 0 aliphatic rings. The number of fused-ring (bicyclic) bond motifs is 1. The molecule has 21 heavy (non-hydrogen) atoms. The number of hydrogen-bond acceptors (Lipinski definition) is 3. The Hall–Kier alpha value is -2.68. The normalized spacial score (nSPS) is 10.6. The second kappa shape index (κ2) is 5.37. The van der Waals surface area contributed by atoms with Gasteiger partial charge in [-0.1, -0.05) is 24.3 Å². The Kier molecular flexibility index (Phi) is 3.40. The van der Waals surface area contributed by atoms with Crippen LogP contribution in [0.3, 0.4) is 0 Å². The lowest BCUT2D eigenvalue weighted by Gasteiger charge is -2.12. The number of benzene rings is 2. The molecule has 3 heteroatoms. The Balaban J connectivity index is 1.95. The summed E-state index contributed by atoms with van der Waals surface area (Å²) < 4.78 is 0. The number of carbonyl (C=O) groups excluding carboxylic acids is 1. The van der Waals surface area contributed by atoms with Gasteiger partial charge in [-0.05, 0) is 36.4 Å². The van der Waals surface area contributed by atoms with Crippen LogP contribution < -0.4 is 4.90 Å². The van der Waals surface area contributed by atoms with E-state index in [1.54, 1.807) is 6.07 Å². The van der Waals surface area contributed by atoms with Crippen molar-refractivity contribution < 1.29 is 4.79 Å². The van der Waals surface area contributed by atoms with Crippen LogP contribution in [0.5, 0.6) is 0 Å². The number of hydrogen-bond donors (Lipinski definition) is 0. The van der Waals surface area contributed by atoms with Crippen LogP contribution in [-0.2, 0) is 0 Å². The first-order chi connectivity index (χ1) is 10.1. The summed E-state index contributed by atoms with van der Waals surface area (Å²) in [4.78, 5) is 18.9. The molecule has 2 aromatic carbocycles. The highest BCUT2D eigenvalue weighted by atomic mass is 16.1. The van der Waals surface area contributed by atoms with Gasteiger partial charge in [-0.3, -0.25) is 4.79 Å². The van der Waals surface area contributed by atoms with Crippen molar-refractivity contribution >= 4 is 22.4 Å². The molecule has 0 radical (unpaired) electrons. The zero-order valence-electron chi connectivity index (χ0n) is 12.1. The SMILES string of the molecule is CN(C)c1ccc(C(=O)c2ccc3ccccc3n2)cc1. The van der Waals surface area contributed by atoms with Crippen LogP contribution in [-0.4, -0.2) is 24.9 Å². The van der Waals surface area contributed by atoms with Crippen LogP contribution in [0.2, 0.25) is 0 Å². The van der Waals surface area contributed by atoms with Crippen LogP contribution in [0.25, 0.3) is 10.9 Å². The molecule has 0 fully saturated rings. The molecule has 104 valence electrons. The lowest BCUT2D eigenvalue weighted by molar-refractivity contribution is 0.103. The second-order valence-electron chi connectivity index (χ2n) is 5.16. The molecule has 0 atom stereocenters. The smallest absolute Gasteiger partial charge is 0.211 e. The lowest BCUT2D eigenvalue weighted by Crippen LogP contribution is -2.09. The number of rotatable bonds is 3. The zero-order valence-corrected chi connectivity index (χ0v) is 12.1. The molecule has 1 aromatic heterocycles. The molecule has 3 nitrogen and oxygen atoms in total. The molecule has 3 rings (SSSR count). The number of carbonyl (C=O) groups is 1. The van der Waals surface area contributed by atoms with Gasteiger partial charge in [-0.2, -0.15) is 0 Å². The highest BCUT2D eigenvalue weighted by Crippen LogP contribution is 2.17. The first-order valence-electron chi connectivity index (χ1n) is 6.83. The summed E-state index contributed by atoms with van der Waals surface area (Å²) in [5.74, 6) is -0.0499. The first kappa shape index (κ1) is 13.3. The van der Waals surface area contributed by atoms with Gasteiger partial charge in [0, 0.05) is 30.7 Å². The fourth-order valence-corrected chi connectivity index (χ4v) is 2.25. The van der Waals surface area contributed by atoms with Gasteiger partial charge in [-0.15, -0.1) is 0 Å². The van der Waals surface area contributed by atoms with Gasteiger partial charge in [0.15, 0.2) is 0 Å². The third kappa shape index (κ3) is 2.63. The maximum atomic E-state index is 12.5. The average Bonchev–Trinajstić information content (AvgIpc) is 2.54. The quantitative estimate of drug-likeness (QED) is 0.686. The summed E-state index contributed by atoms with van der Waals surface area (Å²) in [6.07, 6.45) is 0. The average molecular weight is 276 g/mol. The van der Waals surface area contributed by atoms with E-state index in [-0.39, 0.29) is 5.78 Å². The summed E-state index contributed by atoms with van der Waals surface area (Å²) in [5, 5.41) is 1.04. The standard InChI is InChI=1S/C18H16N2O/c1-20(2)15-10-7-14(8-11-15)18(21)17-12-9-13-5-3-4-6-16(13)19-17/h3-12H,1-2H3. The number of nitrogens with zero attached hydrogens (tertiary/aromatic N) is 2. The van der Waals surface area contributed by atoms with Crippen molar-refractivity contribution in [3.8, 4) is 0 Å². The Morgan fingerprint density at radius 2 is 1.62 bits per heavy atom. The van der Waals surface area contributed by atoms with Crippen LogP contribution in [0.1, 0.15) is 16.1 Å². The van der Waals surface area contributed by atoms with Gasteiger partial charge in [0.05, 0.1) is 5.52 Å². The molecule has 0 unspecified atom stereocenters. The van der Waals surface area contributed by atoms with Crippen molar-refractivity contribution in [1.29, 1.82) is 0 Å². The van der Waals surface area contributed by atoms with E-state index in [9.17, 15) is 4.79 Å². The number of para-hydroxylation sites is 1. The first-order valence-corrected chi connectivity index (χ1v) is 6.83. The highest BCUT2D eigenvalue weighted by Gasteiger charge is 2.11. The fraction of sp³-hybridized carbons (Fsp3) is 0.111. The summed E-state index contributed by atoms with van der Waals surface area (Å²) >= 11 is 0. The zero-order chi connectivity index (χ0) is 14.8. The molecule has 0 saturated heterocycles. The second-order valence-corrected chi connectivity index (χ2v) is 5.16. The summed E-state index contributed by atoms with van der Waals surface area (Å²) in [6.45, 7) is 0. The van der Waals surface area contributed by atoms with Gasteiger partial charge in [0.1, 0.15) is 5.69 Å². The predicted octanol–water partition coefficient (Wildman–Crippen LogP) is 3.53. The molecule has 3 aromatic rings. The number of ketones is 1. The molecule has 0 bridgehead atoms. The molecule has 0 amide bonds. The Bertz CT molecular complexity index is 792. The van der Waals surface area contributed by atoms with Gasteiger partial charge < -0.3 is 4.90 Å². The molecular formula is C18H16N2O. The van der Waals surface area contributed by atoms with Crippen molar-refractivity contribution in [2.45, 2.75) is 0 Å². The summed E-state index contributed by atoms with van der Waals surface area (Å²) in [7, 11) is 3.95. The Morgan fingerprint density at radius 1 is 0.905 bits per heavy atom. The van der Waals surface area contributed by atoms with Gasteiger partial charge in [0.2, 0.25) is 5.78 Å². The van der Waals surface area contributed by atoms with E-state index < -0.39 is 0 Å². The van der Waals surface area contributed by atoms with E-state index in [1.165, 1.54) is 0 Å². The third-order valence-corrected chi connectivity index (χ3v) is 3.48. The van der Waals surface area contributed by atoms with E-state index >= 15 is 0 Å². The van der Waals surface area contributed by atoms with E-state index in [2.05, 4.69) is 4.98 Å². The van der Waals surface area contributed by atoms with Crippen LogP contribution in [0.15, 0.2) is 60.7 Å². The molecular weight excluding hydrogens is 260 g/mol. The van der Waals surface area contributed by atoms with Crippen LogP contribution in [0, 0.1) is 0 Å². The van der Waals surface area contributed by atoms with Gasteiger partial charge in [-0.25, -0.2) is 4.98 Å². The summed E-state index contributed by atoms with van der Waals surface area (Å²) in [6, 6.07) is 19.1. The third-order valence-electron chi connectivity index (χ3n) is 3.48. The van der Waals surface area contributed by atoms with Gasteiger partial charge >= 0.3 is 0 Å². The molecule has 0 aliphatic carbocycles. The Morgan fingerprint density at radius 3 is 2.33 bits per heavy atom. The predicted molar refractivity (Wildman–Crippen MR) is 85.9 cm³/mol. The minimum absolute atomic E-state index is 0.0499. The molecule has 1 heterocycles. The molecule has 0 N–H and O–H groups in total. The van der Waals surface area contributed by atoms with Crippen molar-refractivity contribution in [2.24, 2.45) is 0 Å². The fourth-order valence-electron chi connectivity index (χ4n) is 2.25. The number of aromatic nitrogens is 1. The minimum Gasteiger partial charge on any atom is -0.378 e. The van der Waals surface area contributed by atoms with Crippen molar-refractivity contribution in [3.63, 3.8) is 0 Å². The van der Waals surface area contributed by atoms with Crippen LogP contribution >= 0.6 is 0 Å². The van der Waals surface area contributed by atoms with E-state index in [0.29, 0.717) is 11.3 Å². The molecule has 0 spiro atoms. The van der Waals surface area contributed by atoms with Crippen molar-refractivity contribution in [1.82, 2.24) is 4.98 Å². The lowest BCUT2D eigenvalue weighted by atomic mass is 10.1. The van der Waals surface area contributed by atoms with E-state index in [1.807, 2.05) is 73.6 Å². The maximum Gasteiger partial charge on any atom is 0.211 e. The molecule has 0 saturated carbocycles. The maximum absolute atomic E-state index is 12.5. The Labute approximate surface area is 123 Å². The number of anilines is 1. The van der Waals surface area contributed by atoms with Crippen molar-refractivity contribution in [3.05, 3.63) is 71.9 Å². The minimum atomic E-state index is -0.0499. The topological polar surface area (TPSA) is 33.2 Å². The largest absolute Gasteiger partial charge is 0.378 e. The summed E-state index contributed by atoms with van der Waals surface area (Å²) in [5.41, 5.74) is 3.04.